The van der Waals surface area contributed by atoms with E-state index in [4.69, 9.17) is 0 Å². The topological polar surface area (TPSA) is 49.4 Å². The Kier molecular flexibility index (Phi) is 5.04. The third-order valence-electron chi connectivity index (χ3n) is 4.06. The second-order valence-electron chi connectivity index (χ2n) is 5.94. The van der Waals surface area contributed by atoms with Gasteiger partial charge in [0.1, 0.15) is 0 Å². The van der Waals surface area contributed by atoms with E-state index in [0.717, 1.165) is 19.5 Å². The number of hydrogen-bond acceptors (Lipinski definition) is 4. The minimum atomic E-state index is -2.72. The fourth-order valence-corrected chi connectivity index (χ4v) is 4.86. The summed E-state index contributed by atoms with van der Waals surface area (Å²) in [5.41, 5.74) is 0. The third-order valence-corrected chi connectivity index (χ3v) is 5.90. The van der Waals surface area contributed by atoms with Gasteiger partial charge >= 0.3 is 0 Å². The Morgan fingerprint density at radius 2 is 2.00 bits per heavy atom. The van der Waals surface area contributed by atoms with E-state index in [1.54, 1.807) is 0 Å². The van der Waals surface area contributed by atoms with Gasteiger partial charge in [-0.25, -0.2) is 8.42 Å². The lowest BCUT2D eigenvalue weighted by molar-refractivity contribution is 0.207. The summed E-state index contributed by atoms with van der Waals surface area (Å²) >= 11 is 0. The Morgan fingerprint density at radius 1 is 1.28 bits per heavy atom. The SMILES string of the molecule is CC(CN1CCCCC1)NCC1CCS(=O)(=O)C1. The second-order valence-corrected chi connectivity index (χ2v) is 8.17. The summed E-state index contributed by atoms with van der Waals surface area (Å²) in [7, 11) is -2.72. The van der Waals surface area contributed by atoms with Gasteiger partial charge in [0.15, 0.2) is 9.84 Å². The first kappa shape index (κ1) is 14.3. The van der Waals surface area contributed by atoms with Gasteiger partial charge in [0.2, 0.25) is 0 Å². The number of nitrogens with one attached hydrogen (secondary N) is 1. The van der Waals surface area contributed by atoms with Crippen LogP contribution in [0.3, 0.4) is 0 Å². The molecule has 2 atom stereocenters. The number of rotatable bonds is 5. The van der Waals surface area contributed by atoms with Gasteiger partial charge in [0, 0.05) is 12.6 Å². The van der Waals surface area contributed by atoms with E-state index < -0.39 is 9.84 Å². The zero-order chi connectivity index (χ0) is 13.0. The highest BCUT2D eigenvalue weighted by Gasteiger charge is 2.27. The molecule has 0 amide bonds. The fourth-order valence-electron chi connectivity index (χ4n) is 2.99. The Labute approximate surface area is 111 Å². The molecule has 0 aromatic heterocycles. The van der Waals surface area contributed by atoms with E-state index >= 15 is 0 Å². The van der Waals surface area contributed by atoms with Crippen molar-refractivity contribution in [3.8, 4) is 0 Å². The minimum Gasteiger partial charge on any atom is -0.313 e. The average molecular weight is 274 g/mol. The highest BCUT2D eigenvalue weighted by atomic mass is 32.2. The van der Waals surface area contributed by atoms with Gasteiger partial charge in [0.25, 0.3) is 0 Å². The maximum absolute atomic E-state index is 11.4. The Balaban J connectivity index is 1.64. The van der Waals surface area contributed by atoms with Crippen LogP contribution in [0.2, 0.25) is 0 Å². The first-order chi connectivity index (χ1) is 8.55. The molecular formula is C13H26N2O2S. The summed E-state index contributed by atoms with van der Waals surface area (Å²) in [4.78, 5) is 2.52. The number of piperidine rings is 1. The molecule has 18 heavy (non-hydrogen) atoms. The largest absolute Gasteiger partial charge is 0.313 e. The molecule has 0 aliphatic carbocycles. The molecule has 2 aliphatic heterocycles. The van der Waals surface area contributed by atoms with Crippen molar-refractivity contribution in [1.82, 2.24) is 10.2 Å². The van der Waals surface area contributed by atoms with Crippen molar-refractivity contribution in [2.24, 2.45) is 5.92 Å². The lowest BCUT2D eigenvalue weighted by atomic mass is 10.1. The normalized spacial score (nSPS) is 30.4. The van der Waals surface area contributed by atoms with Gasteiger partial charge in [-0.05, 0) is 51.7 Å². The van der Waals surface area contributed by atoms with Crippen molar-refractivity contribution in [3.63, 3.8) is 0 Å². The van der Waals surface area contributed by atoms with E-state index in [-0.39, 0.29) is 0 Å². The van der Waals surface area contributed by atoms with Crippen molar-refractivity contribution in [1.29, 1.82) is 0 Å². The molecule has 0 aromatic rings. The summed E-state index contributed by atoms with van der Waals surface area (Å²) in [6, 6.07) is 0.464. The van der Waals surface area contributed by atoms with Crippen molar-refractivity contribution in [3.05, 3.63) is 0 Å². The fraction of sp³-hybridized carbons (Fsp3) is 1.00. The van der Waals surface area contributed by atoms with Crippen LogP contribution in [0, 0.1) is 5.92 Å². The average Bonchev–Trinajstić information content (AvgIpc) is 2.68. The molecule has 2 rings (SSSR count). The zero-order valence-corrected chi connectivity index (χ0v) is 12.2. The molecule has 5 heteroatoms. The van der Waals surface area contributed by atoms with Crippen LogP contribution in [-0.4, -0.2) is 57.0 Å². The molecule has 2 unspecified atom stereocenters. The maximum Gasteiger partial charge on any atom is 0.150 e. The molecular weight excluding hydrogens is 248 g/mol. The molecule has 0 radical (unpaired) electrons. The Hall–Kier alpha value is -0.130. The van der Waals surface area contributed by atoms with Gasteiger partial charge in [-0.1, -0.05) is 6.42 Å². The minimum absolute atomic E-state index is 0.332. The molecule has 2 aliphatic rings. The predicted octanol–water partition coefficient (Wildman–Crippen LogP) is 0.885. The third kappa shape index (κ3) is 4.52. The summed E-state index contributed by atoms with van der Waals surface area (Å²) in [5, 5.41) is 3.50. The molecule has 0 saturated carbocycles. The first-order valence-corrected chi connectivity index (χ1v) is 9.03. The molecule has 4 nitrogen and oxygen atoms in total. The van der Waals surface area contributed by atoms with E-state index in [9.17, 15) is 8.42 Å². The van der Waals surface area contributed by atoms with Crippen molar-refractivity contribution >= 4 is 9.84 Å². The standard InChI is InChI=1S/C13H26N2O2S/c1-12(10-15-6-3-2-4-7-15)14-9-13-5-8-18(16,17)11-13/h12-14H,2-11H2,1H3. The highest BCUT2D eigenvalue weighted by molar-refractivity contribution is 7.91. The summed E-state index contributed by atoms with van der Waals surface area (Å²) in [6.45, 7) is 6.61. The predicted molar refractivity (Wildman–Crippen MR) is 74.5 cm³/mol. The lowest BCUT2D eigenvalue weighted by Gasteiger charge is -2.29. The smallest absolute Gasteiger partial charge is 0.150 e. The van der Waals surface area contributed by atoms with Crippen LogP contribution in [0.1, 0.15) is 32.6 Å². The van der Waals surface area contributed by atoms with Crippen LogP contribution >= 0.6 is 0 Å². The molecule has 1 N–H and O–H groups in total. The van der Waals surface area contributed by atoms with Crippen LogP contribution in [0.5, 0.6) is 0 Å². The van der Waals surface area contributed by atoms with E-state index in [0.29, 0.717) is 23.5 Å². The summed E-state index contributed by atoms with van der Waals surface area (Å²) in [5.74, 6) is 1.11. The van der Waals surface area contributed by atoms with E-state index in [2.05, 4.69) is 17.1 Å². The van der Waals surface area contributed by atoms with Crippen LogP contribution in [0.15, 0.2) is 0 Å². The highest BCUT2D eigenvalue weighted by Crippen LogP contribution is 2.17. The molecule has 0 spiro atoms. The Morgan fingerprint density at radius 3 is 2.61 bits per heavy atom. The number of nitrogens with zero attached hydrogens (tertiary/aromatic N) is 1. The first-order valence-electron chi connectivity index (χ1n) is 7.21. The number of likely N-dealkylation sites (tertiary alicyclic amines) is 1. The van der Waals surface area contributed by atoms with Crippen LogP contribution in [-0.2, 0) is 9.84 Å². The second kappa shape index (κ2) is 6.35. The van der Waals surface area contributed by atoms with Gasteiger partial charge in [-0.3, -0.25) is 0 Å². The van der Waals surface area contributed by atoms with Crippen molar-refractivity contribution in [2.45, 2.75) is 38.6 Å². The molecule has 2 heterocycles. The zero-order valence-electron chi connectivity index (χ0n) is 11.4. The van der Waals surface area contributed by atoms with Gasteiger partial charge in [-0.2, -0.15) is 0 Å². The van der Waals surface area contributed by atoms with E-state index in [1.165, 1.54) is 32.4 Å². The van der Waals surface area contributed by atoms with Crippen molar-refractivity contribution < 1.29 is 8.42 Å². The van der Waals surface area contributed by atoms with Crippen LogP contribution < -0.4 is 5.32 Å². The molecule has 2 saturated heterocycles. The monoisotopic (exact) mass is 274 g/mol. The maximum atomic E-state index is 11.4. The van der Waals surface area contributed by atoms with Crippen LogP contribution in [0.4, 0.5) is 0 Å². The quantitative estimate of drug-likeness (QED) is 0.809. The molecule has 106 valence electrons. The van der Waals surface area contributed by atoms with Gasteiger partial charge in [-0.15, -0.1) is 0 Å². The summed E-state index contributed by atoms with van der Waals surface area (Å²) < 4.78 is 22.7. The molecule has 0 bridgehead atoms. The molecule has 0 aromatic carbocycles. The number of hydrogen-bond donors (Lipinski definition) is 1. The van der Waals surface area contributed by atoms with Crippen LogP contribution in [0.25, 0.3) is 0 Å². The Bertz CT molecular complexity index is 350. The molecule has 2 fully saturated rings. The van der Waals surface area contributed by atoms with Gasteiger partial charge < -0.3 is 10.2 Å². The number of sulfone groups is 1. The lowest BCUT2D eigenvalue weighted by Crippen LogP contribution is -2.43. The van der Waals surface area contributed by atoms with Crippen molar-refractivity contribution in [2.75, 3.05) is 37.7 Å². The van der Waals surface area contributed by atoms with E-state index in [1.807, 2.05) is 0 Å². The summed E-state index contributed by atoms with van der Waals surface area (Å²) in [6.07, 6.45) is 4.87. The van der Waals surface area contributed by atoms with Gasteiger partial charge in [0.05, 0.1) is 11.5 Å².